The van der Waals surface area contributed by atoms with E-state index in [2.05, 4.69) is 0 Å². The van der Waals surface area contributed by atoms with Crippen LogP contribution < -0.4 is 0 Å². The number of aryl methyl sites for hydroxylation is 1. The molecule has 0 aromatic heterocycles. The molecule has 0 aliphatic rings. The molecule has 0 unspecified atom stereocenters. The lowest BCUT2D eigenvalue weighted by molar-refractivity contribution is -0.131. The van der Waals surface area contributed by atoms with Crippen molar-refractivity contribution in [3.05, 3.63) is 47.5 Å². The quantitative estimate of drug-likeness (QED) is 0.468. The van der Waals surface area contributed by atoms with Crippen LogP contribution >= 0.6 is 12.2 Å². The maximum absolute atomic E-state index is 10.2. The van der Waals surface area contributed by atoms with Crippen LogP contribution in [0.25, 0.3) is 0 Å². The van der Waals surface area contributed by atoms with Gasteiger partial charge >= 0.3 is 5.97 Å². The summed E-state index contributed by atoms with van der Waals surface area (Å²) in [6, 6.07) is 7.64. The molecule has 1 rings (SSSR count). The minimum absolute atomic E-state index is 0.535. The molecular formula is C11H10O2S. The van der Waals surface area contributed by atoms with E-state index in [4.69, 9.17) is 17.3 Å². The molecule has 14 heavy (non-hydrogen) atoms. The molecule has 2 nitrogen and oxygen atoms in total. The van der Waals surface area contributed by atoms with Gasteiger partial charge in [-0.3, -0.25) is 0 Å². The van der Waals surface area contributed by atoms with E-state index < -0.39 is 5.97 Å². The molecule has 0 saturated heterocycles. The normalized spacial score (nSPS) is 10.4. The van der Waals surface area contributed by atoms with Crippen LogP contribution in [0.5, 0.6) is 0 Å². The van der Waals surface area contributed by atoms with E-state index in [1.807, 2.05) is 31.2 Å². The second kappa shape index (κ2) is 4.67. The molecular weight excluding hydrogens is 196 g/mol. The molecule has 0 saturated carbocycles. The number of allylic oxidation sites excluding steroid dienone is 1. The Balaban J connectivity index is 2.80. The average molecular weight is 206 g/mol. The lowest BCUT2D eigenvalue weighted by atomic mass is 10.1. The Bertz CT molecular complexity index is 377. The highest BCUT2D eigenvalue weighted by Crippen LogP contribution is 2.05. The minimum Gasteiger partial charge on any atom is -0.478 e. The second-order valence-electron chi connectivity index (χ2n) is 2.90. The third-order valence-corrected chi connectivity index (χ3v) is 2.09. The standard InChI is InChI=1S/C11H10O2S/c1-8-2-4-9(5-3-8)10(14)6-7-11(12)13/h2-7H,1H3,(H,12,13)/b7-6+. The van der Waals surface area contributed by atoms with Crippen molar-refractivity contribution in [3.63, 3.8) is 0 Å². The van der Waals surface area contributed by atoms with Crippen LogP contribution in [0.15, 0.2) is 36.4 Å². The van der Waals surface area contributed by atoms with Crippen LogP contribution in [-0.4, -0.2) is 15.9 Å². The first kappa shape index (κ1) is 10.6. The van der Waals surface area contributed by atoms with E-state index in [-0.39, 0.29) is 0 Å². The van der Waals surface area contributed by atoms with E-state index in [1.165, 1.54) is 6.08 Å². The maximum atomic E-state index is 10.2. The molecule has 0 fully saturated rings. The molecule has 0 bridgehead atoms. The number of hydrogen-bond donors (Lipinski definition) is 1. The highest BCUT2D eigenvalue weighted by molar-refractivity contribution is 7.81. The monoisotopic (exact) mass is 206 g/mol. The van der Waals surface area contributed by atoms with Crippen molar-refractivity contribution in [3.8, 4) is 0 Å². The van der Waals surface area contributed by atoms with Crippen molar-refractivity contribution < 1.29 is 9.90 Å². The largest absolute Gasteiger partial charge is 0.478 e. The Morgan fingerprint density at radius 1 is 1.29 bits per heavy atom. The van der Waals surface area contributed by atoms with E-state index >= 15 is 0 Å². The highest BCUT2D eigenvalue weighted by atomic mass is 32.1. The number of carboxylic acids is 1. The van der Waals surface area contributed by atoms with E-state index in [0.29, 0.717) is 4.86 Å². The zero-order valence-electron chi connectivity index (χ0n) is 7.73. The molecule has 0 atom stereocenters. The van der Waals surface area contributed by atoms with Crippen molar-refractivity contribution >= 4 is 23.1 Å². The van der Waals surface area contributed by atoms with Crippen molar-refractivity contribution in [2.24, 2.45) is 0 Å². The van der Waals surface area contributed by atoms with Gasteiger partial charge < -0.3 is 5.11 Å². The second-order valence-corrected chi connectivity index (χ2v) is 3.34. The summed E-state index contributed by atoms with van der Waals surface area (Å²) in [5, 5.41) is 8.41. The van der Waals surface area contributed by atoms with Crippen LogP contribution in [0.3, 0.4) is 0 Å². The summed E-state index contributed by atoms with van der Waals surface area (Å²) in [7, 11) is 0. The average Bonchev–Trinajstić information content (AvgIpc) is 2.15. The highest BCUT2D eigenvalue weighted by Gasteiger charge is 1.96. The smallest absolute Gasteiger partial charge is 0.328 e. The van der Waals surface area contributed by atoms with Crippen LogP contribution in [-0.2, 0) is 4.79 Å². The predicted molar refractivity (Wildman–Crippen MR) is 59.7 cm³/mol. The summed E-state index contributed by atoms with van der Waals surface area (Å²) in [6.07, 6.45) is 2.46. The number of carboxylic acid groups (broad SMARTS) is 1. The van der Waals surface area contributed by atoms with Gasteiger partial charge in [-0.25, -0.2) is 4.79 Å². The zero-order chi connectivity index (χ0) is 10.6. The fraction of sp³-hybridized carbons (Fsp3) is 0.0909. The Labute approximate surface area is 87.9 Å². The molecule has 1 aromatic rings. The molecule has 0 aliphatic heterocycles. The van der Waals surface area contributed by atoms with Gasteiger partial charge in [-0.2, -0.15) is 0 Å². The first-order valence-corrected chi connectivity index (χ1v) is 4.52. The zero-order valence-corrected chi connectivity index (χ0v) is 8.54. The molecule has 0 amide bonds. The molecule has 0 heterocycles. The van der Waals surface area contributed by atoms with Gasteiger partial charge in [0.25, 0.3) is 0 Å². The topological polar surface area (TPSA) is 37.3 Å². The Morgan fingerprint density at radius 3 is 2.36 bits per heavy atom. The number of aliphatic carboxylic acids is 1. The Morgan fingerprint density at radius 2 is 1.86 bits per heavy atom. The van der Waals surface area contributed by atoms with Gasteiger partial charge in [0, 0.05) is 10.9 Å². The van der Waals surface area contributed by atoms with Gasteiger partial charge in [0.2, 0.25) is 0 Å². The van der Waals surface area contributed by atoms with E-state index in [1.54, 1.807) is 0 Å². The number of hydrogen-bond acceptors (Lipinski definition) is 2. The molecule has 0 radical (unpaired) electrons. The predicted octanol–water partition coefficient (Wildman–Crippen LogP) is 2.35. The summed E-state index contributed by atoms with van der Waals surface area (Å²) >= 11 is 5.03. The Kier molecular flexibility index (Phi) is 3.54. The van der Waals surface area contributed by atoms with Gasteiger partial charge in [0.05, 0.1) is 0 Å². The number of carbonyl (C=O) groups is 1. The summed E-state index contributed by atoms with van der Waals surface area (Å²) in [4.78, 5) is 10.8. The third kappa shape index (κ3) is 3.11. The van der Waals surface area contributed by atoms with Gasteiger partial charge in [0.1, 0.15) is 0 Å². The lowest BCUT2D eigenvalue weighted by Crippen LogP contribution is -1.95. The van der Waals surface area contributed by atoms with Crippen molar-refractivity contribution in [2.75, 3.05) is 0 Å². The van der Waals surface area contributed by atoms with Crippen LogP contribution in [0, 0.1) is 6.92 Å². The maximum Gasteiger partial charge on any atom is 0.328 e. The van der Waals surface area contributed by atoms with E-state index in [0.717, 1.165) is 17.2 Å². The van der Waals surface area contributed by atoms with Crippen molar-refractivity contribution in [1.82, 2.24) is 0 Å². The van der Waals surface area contributed by atoms with Crippen molar-refractivity contribution in [1.29, 1.82) is 0 Å². The minimum atomic E-state index is -0.987. The molecule has 1 aromatic carbocycles. The summed E-state index contributed by atoms with van der Waals surface area (Å²) in [5.74, 6) is -0.987. The first-order chi connectivity index (χ1) is 6.59. The van der Waals surface area contributed by atoms with E-state index in [9.17, 15) is 4.79 Å². The van der Waals surface area contributed by atoms with Crippen LogP contribution in [0.2, 0.25) is 0 Å². The molecule has 3 heteroatoms. The molecule has 0 aliphatic carbocycles. The van der Waals surface area contributed by atoms with Crippen LogP contribution in [0.4, 0.5) is 0 Å². The van der Waals surface area contributed by atoms with Gasteiger partial charge in [-0.05, 0) is 18.6 Å². The third-order valence-electron chi connectivity index (χ3n) is 1.71. The molecule has 1 N–H and O–H groups in total. The van der Waals surface area contributed by atoms with Gasteiger partial charge in [0.15, 0.2) is 0 Å². The summed E-state index contributed by atoms with van der Waals surface area (Å²) in [6.45, 7) is 1.99. The molecule has 72 valence electrons. The fourth-order valence-electron chi connectivity index (χ4n) is 0.961. The van der Waals surface area contributed by atoms with Crippen LogP contribution in [0.1, 0.15) is 11.1 Å². The number of rotatable bonds is 3. The lowest BCUT2D eigenvalue weighted by Gasteiger charge is -1.98. The number of thiocarbonyl (C=S) groups is 1. The number of benzene rings is 1. The fourth-order valence-corrected chi connectivity index (χ4v) is 1.17. The molecule has 0 spiro atoms. The first-order valence-electron chi connectivity index (χ1n) is 4.11. The Hall–Kier alpha value is -1.48. The van der Waals surface area contributed by atoms with Gasteiger partial charge in [-0.15, -0.1) is 0 Å². The van der Waals surface area contributed by atoms with Gasteiger partial charge in [-0.1, -0.05) is 42.0 Å². The van der Waals surface area contributed by atoms with Crippen molar-refractivity contribution in [2.45, 2.75) is 6.92 Å². The SMILES string of the molecule is Cc1ccc(C(=S)/C=C/C(=O)O)cc1. The summed E-state index contributed by atoms with van der Waals surface area (Å²) in [5.41, 5.74) is 2.02. The summed E-state index contributed by atoms with van der Waals surface area (Å²) < 4.78 is 0.